The van der Waals surface area contributed by atoms with Gasteiger partial charge < -0.3 is 10.6 Å². The predicted octanol–water partition coefficient (Wildman–Crippen LogP) is 1.21. The SMILES string of the molecule is O=C1CC[C@@H](C(=O)N[C@@H]2CCc3ccc(F)cc32)N1. The van der Waals surface area contributed by atoms with Crippen LogP contribution >= 0.6 is 0 Å². The smallest absolute Gasteiger partial charge is 0.243 e. The van der Waals surface area contributed by atoms with Gasteiger partial charge in [0.25, 0.3) is 0 Å². The predicted molar refractivity (Wildman–Crippen MR) is 66.8 cm³/mol. The van der Waals surface area contributed by atoms with Crippen molar-refractivity contribution in [2.24, 2.45) is 0 Å². The third-order valence-corrected chi connectivity index (χ3v) is 3.81. The Balaban J connectivity index is 1.71. The van der Waals surface area contributed by atoms with E-state index in [0.717, 1.165) is 24.0 Å². The average Bonchev–Trinajstić information content (AvgIpc) is 2.97. The van der Waals surface area contributed by atoms with Crippen LogP contribution in [0.5, 0.6) is 0 Å². The molecule has 0 bridgehead atoms. The zero-order chi connectivity index (χ0) is 13.4. The number of carbonyl (C=O) groups is 2. The van der Waals surface area contributed by atoms with Crippen LogP contribution in [0, 0.1) is 5.82 Å². The van der Waals surface area contributed by atoms with Gasteiger partial charge in [-0.2, -0.15) is 0 Å². The van der Waals surface area contributed by atoms with E-state index in [2.05, 4.69) is 10.6 Å². The monoisotopic (exact) mass is 262 g/mol. The summed E-state index contributed by atoms with van der Waals surface area (Å²) in [6.45, 7) is 0. The number of halogens is 1. The quantitative estimate of drug-likeness (QED) is 0.841. The lowest BCUT2D eigenvalue weighted by Gasteiger charge is -2.17. The van der Waals surface area contributed by atoms with Crippen LogP contribution < -0.4 is 10.6 Å². The zero-order valence-electron chi connectivity index (χ0n) is 10.4. The molecule has 0 saturated carbocycles. The molecule has 2 N–H and O–H groups in total. The van der Waals surface area contributed by atoms with Crippen LogP contribution in [0.15, 0.2) is 18.2 Å². The summed E-state index contributed by atoms with van der Waals surface area (Å²) in [5.41, 5.74) is 1.94. The highest BCUT2D eigenvalue weighted by Gasteiger charge is 2.31. The number of fused-ring (bicyclic) bond motifs is 1. The van der Waals surface area contributed by atoms with E-state index in [-0.39, 0.29) is 23.7 Å². The van der Waals surface area contributed by atoms with Crippen LogP contribution in [-0.2, 0) is 16.0 Å². The highest BCUT2D eigenvalue weighted by atomic mass is 19.1. The van der Waals surface area contributed by atoms with Gasteiger partial charge >= 0.3 is 0 Å². The van der Waals surface area contributed by atoms with E-state index in [9.17, 15) is 14.0 Å². The fraction of sp³-hybridized carbons (Fsp3) is 0.429. The Hall–Kier alpha value is -1.91. The van der Waals surface area contributed by atoms with E-state index in [4.69, 9.17) is 0 Å². The van der Waals surface area contributed by atoms with E-state index in [1.807, 2.05) is 0 Å². The van der Waals surface area contributed by atoms with Crippen LogP contribution in [0.4, 0.5) is 4.39 Å². The first-order valence-corrected chi connectivity index (χ1v) is 6.51. The largest absolute Gasteiger partial charge is 0.347 e. The number of hydrogen-bond donors (Lipinski definition) is 2. The van der Waals surface area contributed by atoms with Gasteiger partial charge in [-0.1, -0.05) is 6.07 Å². The van der Waals surface area contributed by atoms with Crippen LogP contribution in [0.1, 0.15) is 36.4 Å². The average molecular weight is 262 g/mol. The van der Waals surface area contributed by atoms with E-state index in [1.54, 1.807) is 6.07 Å². The molecule has 1 aromatic carbocycles. The first kappa shape index (κ1) is 12.1. The second-order valence-corrected chi connectivity index (χ2v) is 5.10. The molecule has 5 heteroatoms. The Morgan fingerprint density at radius 1 is 1.32 bits per heavy atom. The molecule has 0 aromatic heterocycles. The molecule has 1 aliphatic heterocycles. The molecule has 1 heterocycles. The maximum Gasteiger partial charge on any atom is 0.243 e. The fourth-order valence-corrected chi connectivity index (χ4v) is 2.81. The molecule has 100 valence electrons. The van der Waals surface area contributed by atoms with Crippen molar-refractivity contribution in [1.29, 1.82) is 0 Å². The summed E-state index contributed by atoms with van der Waals surface area (Å²) < 4.78 is 13.3. The molecule has 1 aromatic rings. The van der Waals surface area contributed by atoms with E-state index in [0.29, 0.717) is 12.8 Å². The van der Waals surface area contributed by atoms with Gasteiger partial charge in [-0.15, -0.1) is 0 Å². The summed E-state index contributed by atoms with van der Waals surface area (Å²) in [7, 11) is 0. The van der Waals surface area contributed by atoms with Crippen molar-refractivity contribution in [3.63, 3.8) is 0 Å². The standard InChI is InChI=1S/C14H15FN2O2/c15-9-3-1-8-2-4-11(10(8)7-9)17-14(19)12-5-6-13(18)16-12/h1,3,7,11-12H,2,4-6H2,(H,16,18)(H,17,19)/t11-,12+/m1/s1. The highest BCUT2D eigenvalue weighted by molar-refractivity contribution is 5.91. The Bertz CT molecular complexity index is 544. The summed E-state index contributed by atoms with van der Waals surface area (Å²) in [5.74, 6) is -0.542. The second-order valence-electron chi connectivity index (χ2n) is 5.10. The lowest BCUT2D eigenvalue weighted by Crippen LogP contribution is -2.42. The number of nitrogens with one attached hydrogen (secondary N) is 2. The summed E-state index contributed by atoms with van der Waals surface area (Å²) >= 11 is 0. The molecule has 19 heavy (non-hydrogen) atoms. The number of hydrogen-bond acceptors (Lipinski definition) is 2. The van der Waals surface area contributed by atoms with Gasteiger partial charge in [0.15, 0.2) is 0 Å². The molecule has 1 fully saturated rings. The van der Waals surface area contributed by atoms with Crippen molar-refractivity contribution in [1.82, 2.24) is 10.6 Å². The Labute approximate surface area is 110 Å². The molecule has 2 aliphatic rings. The fourth-order valence-electron chi connectivity index (χ4n) is 2.81. The maximum absolute atomic E-state index is 13.3. The minimum atomic E-state index is -0.440. The first-order valence-electron chi connectivity index (χ1n) is 6.51. The Morgan fingerprint density at radius 2 is 2.16 bits per heavy atom. The van der Waals surface area contributed by atoms with Crippen LogP contribution in [0.2, 0.25) is 0 Å². The molecular formula is C14H15FN2O2. The highest BCUT2D eigenvalue weighted by Crippen LogP contribution is 2.31. The molecule has 0 unspecified atom stereocenters. The van der Waals surface area contributed by atoms with Crippen molar-refractivity contribution in [3.05, 3.63) is 35.1 Å². The van der Waals surface area contributed by atoms with Gasteiger partial charge in [0.2, 0.25) is 11.8 Å². The number of benzene rings is 1. The van der Waals surface area contributed by atoms with Crippen molar-refractivity contribution in [2.75, 3.05) is 0 Å². The molecule has 3 rings (SSSR count). The normalized spacial score (nSPS) is 25.0. The molecule has 1 aliphatic carbocycles. The second kappa shape index (κ2) is 4.64. The lowest BCUT2D eigenvalue weighted by atomic mass is 10.1. The molecule has 1 saturated heterocycles. The van der Waals surface area contributed by atoms with Gasteiger partial charge in [0, 0.05) is 6.42 Å². The molecule has 4 nitrogen and oxygen atoms in total. The Morgan fingerprint density at radius 3 is 2.89 bits per heavy atom. The van der Waals surface area contributed by atoms with Crippen LogP contribution in [0.25, 0.3) is 0 Å². The van der Waals surface area contributed by atoms with E-state index in [1.165, 1.54) is 12.1 Å². The van der Waals surface area contributed by atoms with Crippen molar-refractivity contribution < 1.29 is 14.0 Å². The van der Waals surface area contributed by atoms with Gasteiger partial charge in [0.1, 0.15) is 11.9 Å². The maximum atomic E-state index is 13.3. The minimum absolute atomic E-state index is 0.0852. The molecule has 2 atom stereocenters. The molecule has 0 radical (unpaired) electrons. The number of carbonyl (C=O) groups excluding carboxylic acids is 2. The summed E-state index contributed by atoms with van der Waals surface area (Å²) in [6.07, 6.45) is 2.56. The van der Waals surface area contributed by atoms with E-state index >= 15 is 0 Å². The van der Waals surface area contributed by atoms with Gasteiger partial charge in [-0.25, -0.2) is 4.39 Å². The number of aryl methyl sites for hydroxylation is 1. The number of amides is 2. The van der Waals surface area contributed by atoms with Crippen LogP contribution in [-0.4, -0.2) is 17.9 Å². The summed E-state index contributed by atoms with van der Waals surface area (Å²) in [6, 6.07) is 4.12. The van der Waals surface area contributed by atoms with Gasteiger partial charge in [-0.3, -0.25) is 9.59 Å². The third kappa shape index (κ3) is 2.32. The lowest BCUT2D eigenvalue weighted by molar-refractivity contribution is -0.126. The zero-order valence-corrected chi connectivity index (χ0v) is 10.4. The van der Waals surface area contributed by atoms with Crippen molar-refractivity contribution in [3.8, 4) is 0 Å². The van der Waals surface area contributed by atoms with Crippen molar-refractivity contribution in [2.45, 2.75) is 37.8 Å². The molecular weight excluding hydrogens is 247 g/mol. The van der Waals surface area contributed by atoms with Gasteiger partial charge in [0.05, 0.1) is 6.04 Å². The Kier molecular flexibility index (Phi) is 2.97. The van der Waals surface area contributed by atoms with Gasteiger partial charge in [-0.05, 0) is 42.5 Å². The summed E-state index contributed by atoms with van der Waals surface area (Å²) in [5, 5.41) is 5.54. The number of rotatable bonds is 2. The topological polar surface area (TPSA) is 58.2 Å². The van der Waals surface area contributed by atoms with E-state index < -0.39 is 6.04 Å². The molecule has 0 spiro atoms. The summed E-state index contributed by atoms with van der Waals surface area (Å²) in [4.78, 5) is 23.1. The van der Waals surface area contributed by atoms with Crippen LogP contribution in [0.3, 0.4) is 0 Å². The first-order chi connectivity index (χ1) is 9.13. The molecule has 2 amide bonds. The van der Waals surface area contributed by atoms with Crippen molar-refractivity contribution >= 4 is 11.8 Å². The minimum Gasteiger partial charge on any atom is -0.347 e. The third-order valence-electron chi connectivity index (χ3n) is 3.81.